The van der Waals surface area contributed by atoms with Crippen LogP contribution in [0.1, 0.15) is 0 Å². The molecule has 0 saturated carbocycles. The third-order valence-corrected chi connectivity index (χ3v) is 8.89. The van der Waals surface area contributed by atoms with Crippen LogP contribution in [0.2, 0.25) is 0 Å². The fourth-order valence-electron chi connectivity index (χ4n) is 6.82. The summed E-state index contributed by atoms with van der Waals surface area (Å²) in [7, 11) is 0. The second-order valence-corrected chi connectivity index (χ2v) is 11.7. The average Bonchev–Trinajstić information content (AvgIpc) is 3.53. The SMILES string of the molecule is c1ccc(N(c2ccccc2)c2ccc3c(c2)nc2c4ccccc4c4cc(N(c5ccccc5)c5ccccc5)ccc4n32)cc1. The molecule has 0 atom stereocenters. The smallest absolute Gasteiger partial charge is 0.146 e. The molecule has 0 fully saturated rings. The van der Waals surface area contributed by atoms with Crippen molar-refractivity contribution in [1.29, 1.82) is 0 Å². The number of pyridine rings is 1. The van der Waals surface area contributed by atoms with E-state index in [4.69, 9.17) is 4.98 Å². The van der Waals surface area contributed by atoms with Crippen molar-refractivity contribution in [1.82, 2.24) is 9.38 Å². The molecule has 0 amide bonds. The number of hydrogen-bond donors (Lipinski definition) is 0. The van der Waals surface area contributed by atoms with Crippen molar-refractivity contribution in [3.05, 3.63) is 182 Å². The molecule has 0 aliphatic carbocycles. The highest BCUT2D eigenvalue weighted by molar-refractivity contribution is 6.14. The van der Waals surface area contributed by atoms with E-state index in [-0.39, 0.29) is 0 Å². The topological polar surface area (TPSA) is 23.8 Å². The second-order valence-electron chi connectivity index (χ2n) is 11.7. The van der Waals surface area contributed by atoms with Gasteiger partial charge in [-0.25, -0.2) is 4.98 Å². The van der Waals surface area contributed by atoms with Crippen LogP contribution in [-0.4, -0.2) is 9.38 Å². The molecule has 0 unspecified atom stereocenters. The number of hydrogen-bond acceptors (Lipinski definition) is 3. The van der Waals surface area contributed by atoms with Crippen molar-refractivity contribution < 1.29 is 0 Å². The summed E-state index contributed by atoms with van der Waals surface area (Å²) in [6, 6.07) is 64.2. The molecule has 222 valence electrons. The van der Waals surface area contributed by atoms with Gasteiger partial charge in [-0.2, -0.15) is 0 Å². The van der Waals surface area contributed by atoms with Crippen LogP contribution in [0.15, 0.2) is 182 Å². The number of anilines is 6. The van der Waals surface area contributed by atoms with Crippen molar-refractivity contribution in [3.8, 4) is 0 Å². The van der Waals surface area contributed by atoms with Gasteiger partial charge in [0.15, 0.2) is 0 Å². The van der Waals surface area contributed by atoms with Gasteiger partial charge in [-0.3, -0.25) is 4.40 Å². The van der Waals surface area contributed by atoms with Gasteiger partial charge in [-0.1, -0.05) is 97.1 Å². The lowest BCUT2D eigenvalue weighted by molar-refractivity contribution is 1.27. The zero-order valence-electron chi connectivity index (χ0n) is 25.6. The van der Waals surface area contributed by atoms with E-state index in [9.17, 15) is 0 Å². The maximum atomic E-state index is 5.30. The minimum absolute atomic E-state index is 0.955. The number of imidazole rings is 1. The van der Waals surface area contributed by atoms with Crippen LogP contribution in [0, 0.1) is 0 Å². The maximum Gasteiger partial charge on any atom is 0.146 e. The van der Waals surface area contributed by atoms with Crippen LogP contribution in [0.5, 0.6) is 0 Å². The third-order valence-electron chi connectivity index (χ3n) is 8.89. The Morgan fingerprint density at radius 2 is 0.766 bits per heavy atom. The summed E-state index contributed by atoms with van der Waals surface area (Å²) < 4.78 is 2.32. The summed E-state index contributed by atoms with van der Waals surface area (Å²) in [6.07, 6.45) is 0. The molecule has 0 aliphatic rings. The third kappa shape index (κ3) is 4.58. The lowest BCUT2D eigenvalue weighted by Gasteiger charge is -2.26. The molecule has 9 rings (SSSR count). The van der Waals surface area contributed by atoms with Crippen LogP contribution >= 0.6 is 0 Å². The first kappa shape index (κ1) is 27.0. The Morgan fingerprint density at radius 1 is 0.340 bits per heavy atom. The summed E-state index contributed by atoms with van der Waals surface area (Å²) in [4.78, 5) is 9.91. The van der Waals surface area contributed by atoms with Crippen molar-refractivity contribution in [2.24, 2.45) is 0 Å². The van der Waals surface area contributed by atoms with Gasteiger partial charge in [0.2, 0.25) is 0 Å². The Balaban J connectivity index is 1.28. The Bertz CT molecular complexity index is 2430. The Hall–Kier alpha value is -6.39. The molecule has 0 radical (unpaired) electrons. The second kappa shape index (κ2) is 11.2. The van der Waals surface area contributed by atoms with Gasteiger partial charge >= 0.3 is 0 Å². The lowest BCUT2D eigenvalue weighted by Crippen LogP contribution is -2.09. The first-order chi connectivity index (χ1) is 23.3. The number of aromatic nitrogens is 2. The van der Waals surface area contributed by atoms with Crippen LogP contribution in [-0.2, 0) is 0 Å². The summed E-state index contributed by atoms with van der Waals surface area (Å²) in [5, 5.41) is 3.49. The molecule has 2 heterocycles. The van der Waals surface area contributed by atoms with E-state index in [1.807, 2.05) is 0 Å². The molecule has 4 heteroatoms. The predicted molar refractivity (Wildman–Crippen MR) is 197 cm³/mol. The molecular weight excluding hydrogens is 573 g/mol. The van der Waals surface area contributed by atoms with Gasteiger partial charge in [0.05, 0.1) is 16.6 Å². The van der Waals surface area contributed by atoms with Crippen LogP contribution < -0.4 is 9.80 Å². The zero-order valence-corrected chi connectivity index (χ0v) is 25.6. The molecule has 9 aromatic rings. The zero-order chi connectivity index (χ0) is 31.2. The largest absolute Gasteiger partial charge is 0.310 e. The van der Waals surface area contributed by atoms with E-state index >= 15 is 0 Å². The van der Waals surface area contributed by atoms with E-state index in [1.54, 1.807) is 0 Å². The van der Waals surface area contributed by atoms with Gasteiger partial charge in [-0.05, 0) is 90.3 Å². The molecule has 0 saturated heterocycles. The highest BCUT2D eigenvalue weighted by Crippen LogP contribution is 2.40. The highest BCUT2D eigenvalue weighted by Gasteiger charge is 2.19. The van der Waals surface area contributed by atoms with Crippen molar-refractivity contribution >= 4 is 72.5 Å². The number of fused-ring (bicyclic) bond motifs is 8. The number of rotatable bonds is 6. The molecule has 4 nitrogen and oxygen atoms in total. The van der Waals surface area contributed by atoms with Gasteiger partial charge in [0.25, 0.3) is 0 Å². The molecule has 2 aromatic heterocycles. The fourth-order valence-corrected chi connectivity index (χ4v) is 6.82. The van der Waals surface area contributed by atoms with E-state index in [1.165, 1.54) is 10.8 Å². The molecule has 0 spiro atoms. The van der Waals surface area contributed by atoms with Crippen LogP contribution in [0.3, 0.4) is 0 Å². The van der Waals surface area contributed by atoms with E-state index in [2.05, 4.69) is 196 Å². The molecule has 7 aromatic carbocycles. The van der Waals surface area contributed by atoms with Gasteiger partial charge in [0, 0.05) is 44.9 Å². The number of para-hydroxylation sites is 4. The quantitative estimate of drug-likeness (QED) is 0.177. The van der Waals surface area contributed by atoms with Gasteiger partial charge in [0.1, 0.15) is 5.65 Å². The summed E-state index contributed by atoms with van der Waals surface area (Å²) in [5.74, 6) is 0. The van der Waals surface area contributed by atoms with E-state index in [0.29, 0.717) is 0 Å². The first-order valence-electron chi connectivity index (χ1n) is 15.9. The maximum absolute atomic E-state index is 5.30. The van der Waals surface area contributed by atoms with Crippen LogP contribution in [0.25, 0.3) is 38.4 Å². The fraction of sp³-hybridized carbons (Fsp3) is 0. The Labute approximate surface area is 273 Å². The molecule has 0 bridgehead atoms. The average molecular weight is 603 g/mol. The highest BCUT2D eigenvalue weighted by atomic mass is 15.2. The molecule has 0 N–H and O–H groups in total. The molecular formula is C43H30N4. The minimum Gasteiger partial charge on any atom is -0.310 e. The number of nitrogens with zero attached hydrogens (tertiary/aromatic N) is 4. The van der Waals surface area contributed by atoms with Crippen molar-refractivity contribution in [3.63, 3.8) is 0 Å². The molecule has 0 aliphatic heterocycles. The minimum atomic E-state index is 0.955. The van der Waals surface area contributed by atoms with E-state index in [0.717, 1.165) is 61.7 Å². The van der Waals surface area contributed by atoms with Crippen molar-refractivity contribution in [2.45, 2.75) is 0 Å². The standard InChI is InChI=1S/C43H30N4/c1-5-15-31(16-6-1)45(32-17-7-2-8-18-32)35-25-27-41-39(29-35)37-23-13-14-24-38(37)43-44-40-30-36(26-28-42(40)47(41)43)46(33-19-9-3-10-20-33)34-21-11-4-12-22-34/h1-30H. The number of benzene rings is 7. The van der Waals surface area contributed by atoms with Crippen LogP contribution in [0.4, 0.5) is 34.1 Å². The molecule has 47 heavy (non-hydrogen) atoms. The van der Waals surface area contributed by atoms with Gasteiger partial charge in [-0.15, -0.1) is 0 Å². The lowest BCUT2D eigenvalue weighted by atomic mass is 10.0. The van der Waals surface area contributed by atoms with Crippen molar-refractivity contribution in [2.75, 3.05) is 9.80 Å². The first-order valence-corrected chi connectivity index (χ1v) is 15.9. The Morgan fingerprint density at radius 3 is 1.28 bits per heavy atom. The normalized spacial score (nSPS) is 11.4. The monoisotopic (exact) mass is 602 g/mol. The summed E-state index contributed by atoms with van der Waals surface area (Å²) >= 11 is 0. The summed E-state index contributed by atoms with van der Waals surface area (Å²) in [6.45, 7) is 0. The van der Waals surface area contributed by atoms with Gasteiger partial charge < -0.3 is 9.80 Å². The predicted octanol–water partition coefficient (Wildman–Crippen LogP) is 11.7. The van der Waals surface area contributed by atoms with E-state index < -0.39 is 0 Å². The Kier molecular flexibility index (Phi) is 6.43. The summed E-state index contributed by atoms with van der Waals surface area (Å²) in [5.41, 5.74) is 10.7.